The number of hydrogen-bond donors (Lipinski definition) is 1. The van der Waals surface area contributed by atoms with E-state index in [1.54, 1.807) is 28.1 Å². The van der Waals surface area contributed by atoms with Crippen molar-refractivity contribution in [1.29, 1.82) is 0 Å². The summed E-state index contributed by atoms with van der Waals surface area (Å²) in [5.74, 6) is 1.71. The van der Waals surface area contributed by atoms with Gasteiger partial charge in [0.15, 0.2) is 17.0 Å². The molecule has 0 radical (unpaired) electrons. The molecule has 29 heavy (non-hydrogen) atoms. The Balaban J connectivity index is 1.55. The second-order valence-corrected chi connectivity index (χ2v) is 6.62. The van der Waals surface area contributed by atoms with Gasteiger partial charge in [-0.1, -0.05) is 11.2 Å². The number of nitrogens with one attached hydrogen (secondary N) is 1. The second kappa shape index (κ2) is 8.76. The van der Waals surface area contributed by atoms with E-state index in [-0.39, 0.29) is 29.9 Å². The summed E-state index contributed by atoms with van der Waals surface area (Å²) in [5, 5.41) is 11.6. The van der Waals surface area contributed by atoms with Gasteiger partial charge in [-0.25, -0.2) is 4.68 Å². The van der Waals surface area contributed by atoms with E-state index in [2.05, 4.69) is 15.6 Å². The number of aryl methyl sites for hydroxylation is 3. The van der Waals surface area contributed by atoms with Crippen LogP contribution in [0.5, 0.6) is 11.5 Å². The Morgan fingerprint density at radius 2 is 1.97 bits per heavy atom. The molecule has 9 nitrogen and oxygen atoms in total. The van der Waals surface area contributed by atoms with Crippen LogP contribution < -0.4 is 20.3 Å². The van der Waals surface area contributed by atoms with Crippen molar-refractivity contribution in [3.05, 3.63) is 45.6 Å². The molecule has 0 aliphatic rings. The molecule has 2 aromatic heterocycles. The molecular formula is C20H24N4O5. The van der Waals surface area contributed by atoms with Crippen LogP contribution in [0.15, 0.2) is 27.5 Å². The first-order chi connectivity index (χ1) is 13.9. The van der Waals surface area contributed by atoms with Gasteiger partial charge in [0.1, 0.15) is 5.76 Å². The summed E-state index contributed by atoms with van der Waals surface area (Å²) < 4.78 is 16.8. The van der Waals surface area contributed by atoms with Crippen LogP contribution in [0, 0.1) is 13.8 Å². The van der Waals surface area contributed by atoms with Crippen molar-refractivity contribution in [1.82, 2.24) is 20.3 Å². The monoisotopic (exact) mass is 400 g/mol. The molecule has 154 valence electrons. The van der Waals surface area contributed by atoms with Gasteiger partial charge in [0, 0.05) is 13.0 Å². The highest BCUT2D eigenvalue weighted by Gasteiger charge is 2.15. The minimum Gasteiger partial charge on any atom is -0.493 e. The zero-order valence-corrected chi connectivity index (χ0v) is 16.9. The largest absolute Gasteiger partial charge is 0.493 e. The molecule has 0 atom stereocenters. The smallest absolute Gasteiger partial charge is 0.296 e. The van der Waals surface area contributed by atoms with Crippen LogP contribution in [0.2, 0.25) is 0 Å². The van der Waals surface area contributed by atoms with Gasteiger partial charge in [-0.05, 0) is 38.0 Å². The van der Waals surface area contributed by atoms with Crippen molar-refractivity contribution in [3.8, 4) is 11.5 Å². The Labute approximate surface area is 167 Å². The summed E-state index contributed by atoms with van der Waals surface area (Å²) in [6.07, 6.45) is 0.786. The Morgan fingerprint density at radius 1 is 1.21 bits per heavy atom. The molecule has 1 N–H and O–H groups in total. The van der Waals surface area contributed by atoms with E-state index < -0.39 is 0 Å². The zero-order chi connectivity index (χ0) is 21.0. The number of benzene rings is 1. The minimum absolute atomic E-state index is 0.140. The zero-order valence-electron chi connectivity index (χ0n) is 16.9. The lowest BCUT2D eigenvalue weighted by atomic mass is 10.1. The van der Waals surface area contributed by atoms with E-state index >= 15 is 0 Å². The van der Waals surface area contributed by atoms with Gasteiger partial charge in [0.25, 0.3) is 5.56 Å². The maximum Gasteiger partial charge on any atom is 0.296 e. The number of ether oxygens (including phenoxy) is 2. The molecule has 0 spiro atoms. The van der Waals surface area contributed by atoms with Gasteiger partial charge in [0.05, 0.1) is 31.8 Å². The number of amides is 1. The quantitative estimate of drug-likeness (QED) is 0.614. The third-order valence-corrected chi connectivity index (χ3v) is 4.67. The molecule has 3 rings (SSSR count). The van der Waals surface area contributed by atoms with Crippen LogP contribution in [0.3, 0.4) is 0 Å². The summed E-state index contributed by atoms with van der Waals surface area (Å²) in [4.78, 5) is 24.6. The lowest BCUT2D eigenvalue weighted by molar-refractivity contribution is -0.121. The number of fused-ring (bicyclic) bond motifs is 1. The second-order valence-electron chi connectivity index (χ2n) is 6.62. The summed E-state index contributed by atoms with van der Waals surface area (Å²) in [7, 11) is 3.17. The number of hydrogen-bond acceptors (Lipinski definition) is 7. The predicted molar refractivity (Wildman–Crippen MR) is 106 cm³/mol. The lowest BCUT2D eigenvalue weighted by Gasteiger charge is -2.10. The summed E-state index contributed by atoms with van der Waals surface area (Å²) in [5.41, 5.74) is 1.54. The number of aromatic nitrogens is 3. The van der Waals surface area contributed by atoms with E-state index in [0.29, 0.717) is 41.3 Å². The maximum atomic E-state index is 12.4. The van der Waals surface area contributed by atoms with E-state index in [1.807, 2.05) is 18.2 Å². The van der Waals surface area contributed by atoms with Crippen molar-refractivity contribution in [2.75, 3.05) is 20.8 Å². The van der Waals surface area contributed by atoms with Gasteiger partial charge < -0.3 is 19.3 Å². The average Bonchev–Trinajstić information content (AvgIpc) is 3.11. The van der Waals surface area contributed by atoms with Gasteiger partial charge in [-0.3, -0.25) is 9.59 Å². The Hall–Kier alpha value is -3.36. The molecule has 0 unspecified atom stereocenters. The Bertz CT molecular complexity index is 1090. The number of carbonyl (C=O) groups excluding carboxylic acids is 1. The number of carbonyl (C=O) groups is 1. The van der Waals surface area contributed by atoms with Crippen LogP contribution in [0.1, 0.15) is 23.4 Å². The maximum absolute atomic E-state index is 12.4. The number of rotatable bonds is 8. The minimum atomic E-state index is -0.361. The molecule has 0 aliphatic carbocycles. The van der Waals surface area contributed by atoms with Crippen LogP contribution in [-0.4, -0.2) is 41.6 Å². The van der Waals surface area contributed by atoms with Crippen LogP contribution in [-0.2, 0) is 17.8 Å². The molecule has 2 heterocycles. The van der Waals surface area contributed by atoms with E-state index in [1.165, 1.54) is 4.68 Å². The summed E-state index contributed by atoms with van der Waals surface area (Å²) >= 11 is 0. The molecule has 0 aliphatic heterocycles. The van der Waals surface area contributed by atoms with Crippen molar-refractivity contribution in [2.24, 2.45) is 0 Å². The molecule has 0 saturated carbocycles. The highest BCUT2D eigenvalue weighted by molar-refractivity contribution is 5.81. The first-order valence-corrected chi connectivity index (χ1v) is 9.26. The topological polar surface area (TPSA) is 108 Å². The molecule has 0 bridgehead atoms. The van der Waals surface area contributed by atoms with Crippen molar-refractivity contribution >= 4 is 16.8 Å². The van der Waals surface area contributed by atoms with Crippen molar-refractivity contribution in [3.63, 3.8) is 0 Å². The highest BCUT2D eigenvalue weighted by atomic mass is 16.5. The van der Waals surface area contributed by atoms with Crippen LogP contribution >= 0.6 is 0 Å². The fourth-order valence-electron chi connectivity index (χ4n) is 3.17. The third-order valence-electron chi connectivity index (χ3n) is 4.67. The molecule has 0 fully saturated rings. The fourth-order valence-corrected chi connectivity index (χ4v) is 3.17. The first kappa shape index (κ1) is 20.4. The standard InChI is InChI=1S/C20H24N4O5/c1-12-18-13(2)29-23-19(18)20(26)24(22-12)10-8-17(25)21-9-7-14-5-6-15(27-3)16(11-14)28-4/h5-6,11H,7-10H2,1-4H3,(H,21,25). The van der Waals surface area contributed by atoms with E-state index in [9.17, 15) is 9.59 Å². The average molecular weight is 400 g/mol. The van der Waals surface area contributed by atoms with Crippen molar-refractivity contribution < 1.29 is 18.8 Å². The van der Waals surface area contributed by atoms with E-state index in [0.717, 1.165) is 5.56 Å². The third kappa shape index (κ3) is 4.39. The van der Waals surface area contributed by atoms with Gasteiger partial charge >= 0.3 is 0 Å². The summed E-state index contributed by atoms with van der Waals surface area (Å²) in [6.45, 7) is 4.16. The number of nitrogens with zero attached hydrogens (tertiary/aromatic N) is 3. The molecule has 3 aromatic rings. The van der Waals surface area contributed by atoms with Crippen molar-refractivity contribution in [2.45, 2.75) is 33.2 Å². The molecule has 1 aromatic carbocycles. The predicted octanol–water partition coefficient (Wildman–Crippen LogP) is 1.77. The molecule has 0 saturated heterocycles. The Morgan fingerprint density at radius 3 is 2.69 bits per heavy atom. The normalized spacial score (nSPS) is 10.9. The van der Waals surface area contributed by atoms with Crippen LogP contribution in [0.25, 0.3) is 10.9 Å². The first-order valence-electron chi connectivity index (χ1n) is 9.26. The van der Waals surface area contributed by atoms with Gasteiger partial charge in [-0.2, -0.15) is 5.10 Å². The SMILES string of the molecule is COc1ccc(CCNC(=O)CCn2nc(C)c3c(C)onc3c2=O)cc1OC. The summed E-state index contributed by atoms with van der Waals surface area (Å²) in [6, 6.07) is 5.64. The van der Waals surface area contributed by atoms with E-state index in [4.69, 9.17) is 14.0 Å². The molecular weight excluding hydrogens is 376 g/mol. The lowest BCUT2D eigenvalue weighted by Crippen LogP contribution is -2.30. The van der Waals surface area contributed by atoms with Gasteiger partial charge in [0.2, 0.25) is 5.91 Å². The molecule has 9 heteroatoms. The molecule has 1 amide bonds. The number of methoxy groups -OCH3 is 2. The van der Waals surface area contributed by atoms with Gasteiger partial charge in [-0.15, -0.1) is 0 Å². The van der Waals surface area contributed by atoms with Crippen LogP contribution in [0.4, 0.5) is 0 Å². The Kier molecular flexibility index (Phi) is 6.16. The fraction of sp³-hybridized carbons (Fsp3) is 0.400. The highest BCUT2D eigenvalue weighted by Crippen LogP contribution is 2.27.